The van der Waals surface area contributed by atoms with Crippen LogP contribution >= 0.6 is 11.8 Å². The molecule has 0 spiro atoms. The predicted molar refractivity (Wildman–Crippen MR) is 72.9 cm³/mol. The molecule has 1 unspecified atom stereocenters. The van der Waals surface area contributed by atoms with Crippen molar-refractivity contribution in [2.75, 3.05) is 20.3 Å². The Kier molecular flexibility index (Phi) is 6.60. The van der Waals surface area contributed by atoms with Crippen molar-refractivity contribution in [2.24, 2.45) is 0 Å². The second-order valence-electron chi connectivity index (χ2n) is 3.89. The minimum atomic E-state index is -0.186. The monoisotopic (exact) mass is 269 g/mol. The number of thioether (sulfide) groups is 1. The number of nitrogens with one attached hydrogen (secondary N) is 1. The van der Waals surface area contributed by atoms with Crippen LogP contribution in [0.25, 0.3) is 0 Å². The summed E-state index contributed by atoms with van der Waals surface area (Å²) in [5, 5.41) is 12.0. The molecule has 1 rings (SSSR count). The molecule has 1 aromatic rings. The molecule has 0 heterocycles. The molecular formula is C13H19NO3S. The molecule has 100 valence electrons. The number of phenolic OH excluding ortho intramolecular Hbond substituents is 1. The third kappa shape index (κ3) is 5.42. The van der Waals surface area contributed by atoms with Crippen LogP contribution in [0.2, 0.25) is 0 Å². The van der Waals surface area contributed by atoms with Crippen molar-refractivity contribution in [3.05, 3.63) is 24.3 Å². The standard InChI is InChI=1S/C13H19NO3S/c1-10(13(16)14-7-4-8-17-2)18-12-6-3-5-11(15)9-12/h3,5-6,9-10,15H,4,7-8H2,1-2H3,(H,14,16). The van der Waals surface area contributed by atoms with Gasteiger partial charge in [-0.15, -0.1) is 11.8 Å². The number of phenols is 1. The van der Waals surface area contributed by atoms with Gasteiger partial charge in [0.15, 0.2) is 0 Å². The molecule has 0 aliphatic heterocycles. The third-order valence-corrected chi connectivity index (χ3v) is 3.42. The Hall–Kier alpha value is -1.20. The quantitative estimate of drug-likeness (QED) is 0.587. The van der Waals surface area contributed by atoms with Crippen LogP contribution in [-0.2, 0) is 9.53 Å². The van der Waals surface area contributed by atoms with Crippen LogP contribution in [0.3, 0.4) is 0 Å². The molecule has 0 fully saturated rings. The van der Waals surface area contributed by atoms with Crippen LogP contribution in [-0.4, -0.2) is 36.5 Å². The van der Waals surface area contributed by atoms with E-state index in [1.807, 2.05) is 13.0 Å². The molecule has 0 saturated carbocycles. The van der Waals surface area contributed by atoms with Gasteiger partial charge in [-0.05, 0) is 31.5 Å². The number of rotatable bonds is 7. The van der Waals surface area contributed by atoms with Crippen molar-refractivity contribution in [3.8, 4) is 5.75 Å². The fraction of sp³-hybridized carbons (Fsp3) is 0.462. The van der Waals surface area contributed by atoms with E-state index in [4.69, 9.17) is 4.74 Å². The summed E-state index contributed by atoms with van der Waals surface area (Å²) in [4.78, 5) is 12.6. The molecule has 0 aliphatic rings. The minimum absolute atomic E-state index is 0.000513. The Bertz CT molecular complexity index is 384. The van der Waals surface area contributed by atoms with Crippen molar-refractivity contribution in [1.82, 2.24) is 5.32 Å². The lowest BCUT2D eigenvalue weighted by atomic mass is 10.3. The van der Waals surface area contributed by atoms with E-state index in [1.165, 1.54) is 11.8 Å². The molecule has 5 heteroatoms. The first-order valence-electron chi connectivity index (χ1n) is 5.86. The van der Waals surface area contributed by atoms with Gasteiger partial charge in [0.1, 0.15) is 5.75 Å². The van der Waals surface area contributed by atoms with E-state index in [0.717, 1.165) is 11.3 Å². The molecule has 1 aromatic carbocycles. The van der Waals surface area contributed by atoms with E-state index in [9.17, 15) is 9.90 Å². The smallest absolute Gasteiger partial charge is 0.233 e. The highest BCUT2D eigenvalue weighted by Gasteiger charge is 2.13. The summed E-state index contributed by atoms with van der Waals surface area (Å²) < 4.78 is 4.91. The lowest BCUT2D eigenvalue weighted by Crippen LogP contribution is -2.32. The molecule has 0 bridgehead atoms. The van der Waals surface area contributed by atoms with Gasteiger partial charge < -0.3 is 15.2 Å². The zero-order valence-electron chi connectivity index (χ0n) is 10.7. The minimum Gasteiger partial charge on any atom is -0.508 e. The summed E-state index contributed by atoms with van der Waals surface area (Å²) in [6, 6.07) is 6.90. The van der Waals surface area contributed by atoms with Crippen molar-refractivity contribution in [2.45, 2.75) is 23.5 Å². The Labute approximate surface area is 112 Å². The zero-order valence-corrected chi connectivity index (χ0v) is 11.5. The first-order chi connectivity index (χ1) is 8.63. The molecule has 1 amide bonds. The number of hydrogen-bond donors (Lipinski definition) is 2. The van der Waals surface area contributed by atoms with Crippen molar-refractivity contribution in [1.29, 1.82) is 0 Å². The van der Waals surface area contributed by atoms with Crippen LogP contribution in [0.4, 0.5) is 0 Å². The predicted octanol–water partition coefficient (Wildman–Crippen LogP) is 2.03. The highest BCUT2D eigenvalue weighted by molar-refractivity contribution is 8.00. The number of benzene rings is 1. The first kappa shape index (κ1) is 14.9. The Morgan fingerprint density at radius 3 is 3.00 bits per heavy atom. The maximum Gasteiger partial charge on any atom is 0.233 e. The third-order valence-electron chi connectivity index (χ3n) is 2.32. The molecule has 18 heavy (non-hydrogen) atoms. The van der Waals surface area contributed by atoms with E-state index in [2.05, 4.69) is 5.32 Å². The molecule has 0 aromatic heterocycles. The SMILES string of the molecule is COCCCNC(=O)C(C)Sc1cccc(O)c1. The molecule has 0 radical (unpaired) electrons. The van der Waals surface area contributed by atoms with E-state index in [0.29, 0.717) is 13.2 Å². The highest BCUT2D eigenvalue weighted by Crippen LogP contribution is 2.26. The summed E-state index contributed by atoms with van der Waals surface area (Å²) >= 11 is 1.43. The molecule has 0 saturated heterocycles. The van der Waals surface area contributed by atoms with Crippen LogP contribution in [0.5, 0.6) is 5.75 Å². The van der Waals surface area contributed by atoms with Crippen LogP contribution in [0.15, 0.2) is 29.2 Å². The number of carbonyl (C=O) groups excluding carboxylic acids is 1. The van der Waals surface area contributed by atoms with E-state index in [1.54, 1.807) is 25.3 Å². The van der Waals surface area contributed by atoms with Gasteiger partial charge in [0.25, 0.3) is 0 Å². The lowest BCUT2D eigenvalue weighted by Gasteiger charge is -2.11. The second-order valence-corrected chi connectivity index (χ2v) is 5.31. The summed E-state index contributed by atoms with van der Waals surface area (Å²) in [5.41, 5.74) is 0. The first-order valence-corrected chi connectivity index (χ1v) is 6.74. The Morgan fingerprint density at radius 1 is 1.56 bits per heavy atom. The van der Waals surface area contributed by atoms with Crippen molar-refractivity contribution < 1.29 is 14.6 Å². The van der Waals surface area contributed by atoms with Crippen molar-refractivity contribution >= 4 is 17.7 Å². The molecule has 2 N–H and O–H groups in total. The Morgan fingerprint density at radius 2 is 2.33 bits per heavy atom. The van der Waals surface area contributed by atoms with Gasteiger partial charge in [-0.25, -0.2) is 0 Å². The second kappa shape index (κ2) is 8.00. The van der Waals surface area contributed by atoms with Gasteiger partial charge in [-0.1, -0.05) is 6.07 Å². The Balaban J connectivity index is 2.35. The largest absolute Gasteiger partial charge is 0.508 e. The number of methoxy groups -OCH3 is 1. The summed E-state index contributed by atoms with van der Waals surface area (Å²) in [6.07, 6.45) is 0.811. The van der Waals surface area contributed by atoms with Crippen LogP contribution < -0.4 is 5.32 Å². The molecule has 0 aliphatic carbocycles. The van der Waals surface area contributed by atoms with Crippen LogP contribution in [0, 0.1) is 0 Å². The highest BCUT2D eigenvalue weighted by atomic mass is 32.2. The summed E-state index contributed by atoms with van der Waals surface area (Å²) in [6.45, 7) is 3.12. The van der Waals surface area contributed by atoms with Crippen molar-refractivity contribution in [3.63, 3.8) is 0 Å². The topological polar surface area (TPSA) is 58.6 Å². The number of carbonyl (C=O) groups is 1. The molecule has 1 atom stereocenters. The normalized spacial score (nSPS) is 12.1. The fourth-order valence-electron chi connectivity index (χ4n) is 1.39. The zero-order chi connectivity index (χ0) is 13.4. The maximum absolute atomic E-state index is 11.8. The molecular weight excluding hydrogens is 250 g/mol. The van der Waals surface area contributed by atoms with Crippen LogP contribution in [0.1, 0.15) is 13.3 Å². The van der Waals surface area contributed by atoms with E-state index < -0.39 is 0 Å². The van der Waals surface area contributed by atoms with E-state index >= 15 is 0 Å². The molecule has 4 nitrogen and oxygen atoms in total. The van der Waals surface area contributed by atoms with Gasteiger partial charge in [-0.3, -0.25) is 4.79 Å². The van der Waals surface area contributed by atoms with E-state index in [-0.39, 0.29) is 16.9 Å². The maximum atomic E-state index is 11.8. The number of amides is 1. The average molecular weight is 269 g/mol. The van der Waals surface area contributed by atoms with Gasteiger partial charge in [0.05, 0.1) is 5.25 Å². The number of hydrogen-bond acceptors (Lipinski definition) is 4. The summed E-state index contributed by atoms with van der Waals surface area (Å²) in [7, 11) is 1.64. The average Bonchev–Trinajstić information content (AvgIpc) is 2.34. The van der Waals surface area contributed by atoms with Gasteiger partial charge in [0.2, 0.25) is 5.91 Å². The fourth-order valence-corrected chi connectivity index (χ4v) is 2.33. The van der Waals surface area contributed by atoms with Gasteiger partial charge in [0, 0.05) is 25.2 Å². The number of ether oxygens (including phenoxy) is 1. The van der Waals surface area contributed by atoms with Gasteiger partial charge >= 0.3 is 0 Å². The lowest BCUT2D eigenvalue weighted by molar-refractivity contribution is -0.120. The number of aromatic hydroxyl groups is 1. The van der Waals surface area contributed by atoms with Gasteiger partial charge in [-0.2, -0.15) is 0 Å². The summed E-state index contributed by atoms with van der Waals surface area (Å²) in [5.74, 6) is 0.215.